The highest BCUT2D eigenvalue weighted by Gasteiger charge is 2.44. The first-order valence-electron chi connectivity index (χ1n) is 19.3. The minimum Gasteiger partial charge on any atom is -0.456 e. The van der Waals surface area contributed by atoms with E-state index in [4.69, 9.17) is 4.42 Å². The van der Waals surface area contributed by atoms with Crippen LogP contribution in [0.4, 0.5) is 17.1 Å². The van der Waals surface area contributed by atoms with Crippen LogP contribution in [0.5, 0.6) is 0 Å². The molecule has 53 heavy (non-hydrogen) atoms. The Balaban J connectivity index is 1.15. The molecule has 0 radical (unpaired) electrons. The molecular formula is C51H41NO. The Bertz CT molecular complexity index is 2760. The van der Waals surface area contributed by atoms with Crippen molar-refractivity contribution in [1.82, 2.24) is 0 Å². The third-order valence-corrected chi connectivity index (χ3v) is 12.8. The molecule has 0 atom stereocenters. The molecule has 2 nitrogen and oxygen atoms in total. The predicted octanol–water partition coefficient (Wildman–Crippen LogP) is 14.3. The second kappa shape index (κ2) is 11.3. The van der Waals surface area contributed by atoms with Crippen molar-refractivity contribution in [3.8, 4) is 33.4 Å². The molecule has 1 spiro atoms. The summed E-state index contributed by atoms with van der Waals surface area (Å²) in [4.78, 5) is 2.50. The molecule has 0 unspecified atom stereocenters. The Hall–Kier alpha value is -5.86. The molecule has 1 saturated carbocycles. The fourth-order valence-electron chi connectivity index (χ4n) is 10.5. The predicted molar refractivity (Wildman–Crippen MR) is 221 cm³/mol. The normalized spacial score (nSPS) is 16.0. The molecule has 256 valence electrons. The van der Waals surface area contributed by atoms with E-state index in [1.807, 2.05) is 0 Å². The Morgan fingerprint density at radius 1 is 0.491 bits per heavy atom. The molecule has 1 fully saturated rings. The lowest BCUT2D eigenvalue weighted by molar-refractivity contribution is 0.353. The van der Waals surface area contributed by atoms with Crippen molar-refractivity contribution >= 4 is 39.0 Å². The first-order valence-corrected chi connectivity index (χ1v) is 19.3. The van der Waals surface area contributed by atoms with E-state index in [1.165, 1.54) is 93.4 Å². The lowest BCUT2D eigenvalue weighted by atomic mass is 9.68. The molecule has 0 N–H and O–H groups in total. The fraction of sp³-hybridized carbons (Fsp3) is 0.176. The fourth-order valence-corrected chi connectivity index (χ4v) is 10.5. The molecule has 3 aliphatic carbocycles. The maximum absolute atomic E-state index is 6.49. The smallest absolute Gasteiger partial charge is 0.137 e. The molecule has 1 heterocycles. The van der Waals surface area contributed by atoms with Crippen LogP contribution in [0.1, 0.15) is 68.2 Å². The number of rotatable bonds is 4. The largest absolute Gasteiger partial charge is 0.456 e. The standard InChI is InChI=1S/C51H41NO/c1-50(2)42-22-7-4-18-38(42)40-21-13-20-36(49(40)50)33-15-12-16-34(31-33)52(45-24-14-26-47-48(45)41-19-6-9-25-46(41)53-47)35-27-28-39-37-17-5-8-23-43(37)51(44(39)32-35)29-10-3-11-30-51/h4-9,12-28,31-32H,3,10-11,29-30H2,1-2H3. The van der Waals surface area contributed by atoms with Gasteiger partial charge in [-0.05, 0) is 111 Å². The van der Waals surface area contributed by atoms with Gasteiger partial charge < -0.3 is 9.32 Å². The van der Waals surface area contributed by atoms with Crippen LogP contribution in [-0.2, 0) is 10.8 Å². The average molecular weight is 684 g/mol. The maximum Gasteiger partial charge on any atom is 0.137 e. The third-order valence-electron chi connectivity index (χ3n) is 12.8. The van der Waals surface area contributed by atoms with Crippen molar-refractivity contribution in [3.63, 3.8) is 0 Å². The van der Waals surface area contributed by atoms with Gasteiger partial charge in [0.15, 0.2) is 0 Å². The number of furan rings is 1. The van der Waals surface area contributed by atoms with Gasteiger partial charge in [0.25, 0.3) is 0 Å². The number of hydrogen-bond acceptors (Lipinski definition) is 2. The van der Waals surface area contributed by atoms with Crippen LogP contribution in [0.15, 0.2) is 156 Å². The van der Waals surface area contributed by atoms with Gasteiger partial charge in [0.2, 0.25) is 0 Å². The average Bonchev–Trinajstić information content (AvgIpc) is 3.80. The highest BCUT2D eigenvalue weighted by Crippen LogP contribution is 2.57. The number of anilines is 3. The Labute approximate surface area is 311 Å². The summed E-state index contributed by atoms with van der Waals surface area (Å²) in [7, 11) is 0. The monoisotopic (exact) mass is 683 g/mol. The molecule has 0 aliphatic heterocycles. The lowest BCUT2D eigenvalue weighted by Gasteiger charge is -2.36. The van der Waals surface area contributed by atoms with Gasteiger partial charge in [0, 0.05) is 27.6 Å². The van der Waals surface area contributed by atoms with Crippen LogP contribution in [0.2, 0.25) is 0 Å². The molecule has 1 aromatic heterocycles. The zero-order valence-electron chi connectivity index (χ0n) is 30.3. The van der Waals surface area contributed by atoms with Gasteiger partial charge >= 0.3 is 0 Å². The SMILES string of the molecule is CC1(C)c2ccccc2-c2cccc(-c3cccc(N(c4ccc5c(c4)C4(CCCCC4)c4ccccc4-5)c4cccc5oc6ccccc6c45)c3)c21. The van der Waals surface area contributed by atoms with Gasteiger partial charge in [-0.3, -0.25) is 0 Å². The Morgan fingerprint density at radius 2 is 1.13 bits per heavy atom. The summed E-state index contributed by atoms with van der Waals surface area (Å²) in [5, 5.41) is 2.28. The highest BCUT2D eigenvalue weighted by molar-refractivity contribution is 6.13. The quantitative estimate of drug-likeness (QED) is 0.184. The van der Waals surface area contributed by atoms with Crippen molar-refractivity contribution in [2.75, 3.05) is 4.90 Å². The van der Waals surface area contributed by atoms with E-state index in [2.05, 4.69) is 170 Å². The summed E-state index contributed by atoms with van der Waals surface area (Å²) < 4.78 is 6.49. The Morgan fingerprint density at radius 3 is 2.00 bits per heavy atom. The van der Waals surface area contributed by atoms with Gasteiger partial charge in [-0.15, -0.1) is 0 Å². The third kappa shape index (κ3) is 4.33. The van der Waals surface area contributed by atoms with Crippen molar-refractivity contribution in [2.45, 2.75) is 56.8 Å². The molecular weight excluding hydrogens is 643 g/mol. The van der Waals surface area contributed by atoms with Crippen molar-refractivity contribution < 1.29 is 4.42 Å². The summed E-state index contributed by atoms with van der Waals surface area (Å²) >= 11 is 0. The van der Waals surface area contributed by atoms with E-state index < -0.39 is 0 Å². The molecule has 8 aromatic rings. The van der Waals surface area contributed by atoms with E-state index in [9.17, 15) is 0 Å². The van der Waals surface area contributed by atoms with Crippen LogP contribution in [-0.4, -0.2) is 0 Å². The molecule has 7 aromatic carbocycles. The van der Waals surface area contributed by atoms with E-state index in [-0.39, 0.29) is 10.8 Å². The maximum atomic E-state index is 6.49. The minimum atomic E-state index is -0.108. The zero-order valence-corrected chi connectivity index (χ0v) is 30.3. The van der Waals surface area contributed by atoms with Crippen molar-refractivity contribution in [3.05, 3.63) is 174 Å². The lowest BCUT2D eigenvalue weighted by Crippen LogP contribution is -2.28. The topological polar surface area (TPSA) is 16.4 Å². The number of para-hydroxylation sites is 1. The van der Waals surface area contributed by atoms with E-state index in [0.717, 1.165) is 33.3 Å². The molecule has 0 bridgehead atoms. The van der Waals surface area contributed by atoms with E-state index in [1.54, 1.807) is 0 Å². The van der Waals surface area contributed by atoms with Crippen LogP contribution < -0.4 is 4.90 Å². The second-order valence-corrected chi connectivity index (χ2v) is 16.0. The summed E-state index contributed by atoms with van der Waals surface area (Å²) in [5.41, 5.74) is 19.1. The van der Waals surface area contributed by atoms with Crippen LogP contribution in [0, 0.1) is 0 Å². The summed E-state index contributed by atoms with van der Waals surface area (Å²) in [6, 6.07) is 56.5. The van der Waals surface area contributed by atoms with Crippen molar-refractivity contribution in [2.24, 2.45) is 0 Å². The van der Waals surface area contributed by atoms with Crippen LogP contribution in [0.25, 0.3) is 55.3 Å². The van der Waals surface area contributed by atoms with Gasteiger partial charge in [-0.25, -0.2) is 0 Å². The second-order valence-electron chi connectivity index (χ2n) is 16.0. The molecule has 11 rings (SSSR count). The summed E-state index contributed by atoms with van der Waals surface area (Å²) in [6.45, 7) is 4.76. The number of fused-ring (bicyclic) bond motifs is 11. The van der Waals surface area contributed by atoms with Gasteiger partial charge in [0.05, 0.1) is 11.1 Å². The summed E-state index contributed by atoms with van der Waals surface area (Å²) in [6.07, 6.45) is 6.26. The first kappa shape index (κ1) is 30.7. The first-order chi connectivity index (χ1) is 26.0. The van der Waals surface area contributed by atoms with Crippen LogP contribution in [0.3, 0.4) is 0 Å². The summed E-state index contributed by atoms with van der Waals surface area (Å²) in [5.74, 6) is 0. The van der Waals surface area contributed by atoms with E-state index >= 15 is 0 Å². The number of hydrogen-bond donors (Lipinski definition) is 0. The number of benzene rings is 7. The highest BCUT2D eigenvalue weighted by atomic mass is 16.3. The molecule has 3 aliphatic rings. The van der Waals surface area contributed by atoms with Gasteiger partial charge in [-0.2, -0.15) is 0 Å². The van der Waals surface area contributed by atoms with Gasteiger partial charge in [-0.1, -0.05) is 142 Å². The number of nitrogens with zero attached hydrogens (tertiary/aromatic N) is 1. The molecule has 0 saturated heterocycles. The molecule has 0 amide bonds. The van der Waals surface area contributed by atoms with Gasteiger partial charge in [0.1, 0.15) is 11.2 Å². The zero-order chi connectivity index (χ0) is 35.3. The van der Waals surface area contributed by atoms with Crippen LogP contribution >= 0.6 is 0 Å². The minimum absolute atomic E-state index is 0.0627. The molecule has 2 heteroatoms. The van der Waals surface area contributed by atoms with Crippen molar-refractivity contribution in [1.29, 1.82) is 0 Å². The Kier molecular flexibility index (Phi) is 6.56. The van der Waals surface area contributed by atoms with E-state index in [0.29, 0.717) is 0 Å².